The molecule has 13 heavy (non-hydrogen) atoms. The summed E-state index contributed by atoms with van der Waals surface area (Å²) in [4.78, 5) is 15.1. The fraction of sp³-hybridized carbons (Fsp3) is 0.556. The molecule has 0 N–H and O–H groups in total. The third-order valence-electron chi connectivity index (χ3n) is 1.80. The van der Waals surface area contributed by atoms with Crippen LogP contribution in [0.2, 0.25) is 0 Å². The summed E-state index contributed by atoms with van der Waals surface area (Å²) in [6, 6.07) is 1.84. The fourth-order valence-corrected chi connectivity index (χ4v) is 1.25. The molecule has 0 saturated heterocycles. The van der Waals surface area contributed by atoms with Crippen molar-refractivity contribution in [2.75, 3.05) is 5.88 Å². The van der Waals surface area contributed by atoms with Gasteiger partial charge in [0.1, 0.15) is 0 Å². The van der Waals surface area contributed by atoms with E-state index in [4.69, 9.17) is 11.6 Å². The lowest BCUT2D eigenvalue weighted by molar-refractivity contribution is 0.598. The highest BCUT2D eigenvalue weighted by atomic mass is 35.5. The zero-order valence-electron chi connectivity index (χ0n) is 7.66. The molecule has 0 radical (unpaired) electrons. The van der Waals surface area contributed by atoms with Gasteiger partial charge in [0.25, 0.3) is 0 Å². The summed E-state index contributed by atoms with van der Waals surface area (Å²) in [5.74, 6) is 0.647. The molecular weight excluding hydrogens is 188 g/mol. The van der Waals surface area contributed by atoms with Crippen molar-refractivity contribution >= 4 is 11.6 Å². The Morgan fingerprint density at radius 1 is 1.54 bits per heavy atom. The molecule has 0 fully saturated rings. The van der Waals surface area contributed by atoms with Gasteiger partial charge in [-0.25, -0.2) is 4.79 Å². The lowest BCUT2D eigenvalue weighted by atomic mass is 10.3. The van der Waals surface area contributed by atoms with Crippen LogP contribution in [0.15, 0.2) is 17.1 Å². The molecule has 1 aromatic rings. The van der Waals surface area contributed by atoms with Crippen molar-refractivity contribution < 1.29 is 0 Å². The third kappa shape index (κ3) is 3.19. The number of hydrogen-bond acceptors (Lipinski definition) is 2. The Morgan fingerprint density at radius 2 is 2.31 bits per heavy atom. The zero-order chi connectivity index (χ0) is 9.68. The van der Waals surface area contributed by atoms with E-state index in [0.717, 1.165) is 18.5 Å². The van der Waals surface area contributed by atoms with Gasteiger partial charge in [0.15, 0.2) is 0 Å². The topological polar surface area (TPSA) is 34.9 Å². The van der Waals surface area contributed by atoms with Crippen molar-refractivity contribution in [2.24, 2.45) is 0 Å². The Balaban J connectivity index is 2.62. The molecule has 0 spiro atoms. The molecule has 0 unspecified atom stereocenters. The van der Waals surface area contributed by atoms with E-state index in [9.17, 15) is 4.79 Å². The number of halogens is 1. The fourth-order valence-electron chi connectivity index (χ4n) is 1.06. The number of hydrogen-bond donors (Lipinski definition) is 0. The van der Waals surface area contributed by atoms with Crippen molar-refractivity contribution in [3.8, 4) is 0 Å². The smallest absolute Gasteiger partial charge is 0.299 e. The van der Waals surface area contributed by atoms with E-state index in [0.29, 0.717) is 12.4 Å². The third-order valence-corrected chi connectivity index (χ3v) is 2.06. The second-order valence-corrected chi connectivity index (χ2v) is 3.32. The van der Waals surface area contributed by atoms with Gasteiger partial charge < -0.3 is 0 Å². The Morgan fingerprint density at radius 3 is 2.92 bits per heavy atom. The van der Waals surface area contributed by atoms with Crippen LogP contribution in [0.25, 0.3) is 0 Å². The molecule has 1 rings (SSSR count). The molecule has 72 valence electrons. The van der Waals surface area contributed by atoms with Crippen LogP contribution in [0.4, 0.5) is 0 Å². The molecule has 0 atom stereocenters. The van der Waals surface area contributed by atoms with Gasteiger partial charge in [-0.2, -0.15) is 4.98 Å². The second kappa shape index (κ2) is 5.02. The molecule has 0 aromatic carbocycles. The van der Waals surface area contributed by atoms with Gasteiger partial charge in [-0.15, -0.1) is 11.6 Å². The molecule has 1 heterocycles. The van der Waals surface area contributed by atoms with E-state index in [-0.39, 0.29) is 5.69 Å². The van der Waals surface area contributed by atoms with E-state index in [1.54, 1.807) is 10.8 Å². The van der Waals surface area contributed by atoms with Crippen molar-refractivity contribution in [3.05, 3.63) is 28.4 Å². The summed E-state index contributed by atoms with van der Waals surface area (Å²) in [5.41, 5.74) is 0.591. The molecule has 0 saturated carbocycles. The summed E-state index contributed by atoms with van der Waals surface area (Å²) in [5, 5.41) is 0. The monoisotopic (exact) mass is 200 g/mol. The number of aryl methyl sites for hydroxylation is 2. The van der Waals surface area contributed by atoms with Crippen molar-refractivity contribution in [2.45, 2.75) is 26.3 Å². The Bertz CT molecular complexity index is 322. The maximum Gasteiger partial charge on any atom is 0.347 e. The minimum Gasteiger partial charge on any atom is -0.299 e. The normalized spacial score (nSPS) is 10.3. The maximum atomic E-state index is 11.3. The molecule has 1 aromatic heterocycles. The number of rotatable bonds is 4. The first kappa shape index (κ1) is 10.3. The minimum atomic E-state index is -0.172. The van der Waals surface area contributed by atoms with E-state index in [1.165, 1.54) is 0 Å². The van der Waals surface area contributed by atoms with Gasteiger partial charge in [0, 0.05) is 24.3 Å². The SMILES string of the molecule is Cc1ccn(CCCCCl)c(=O)n1. The van der Waals surface area contributed by atoms with Gasteiger partial charge in [-0.1, -0.05) is 0 Å². The standard InChI is InChI=1S/C9H13ClN2O/c1-8-4-7-12(9(13)11-8)6-3-2-5-10/h4,7H,2-3,5-6H2,1H3. The van der Waals surface area contributed by atoms with Crippen molar-refractivity contribution in [3.63, 3.8) is 0 Å². The Hall–Kier alpha value is -0.830. The zero-order valence-corrected chi connectivity index (χ0v) is 8.42. The Labute approximate surface area is 82.4 Å². The first-order valence-electron chi connectivity index (χ1n) is 4.34. The molecular formula is C9H13ClN2O. The quantitative estimate of drug-likeness (QED) is 0.546. The molecule has 0 bridgehead atoms. The van der Waals surface area contributed by atoms with Gasteiger partial charge >= 0.3 is 5.69 Å². The second-order valence-electron chi connectivity index (χ2n) is 2.94. The van der Waals surface area contributed by atoms with Crippen molar-refractivity contribution in [1.82, 2.24) is 9.55 Å². The number of alkyl halides is 1. The predicted octanol–water partition coefficient (Wildman–Crippen LogP) is 1.57. The summed E-state index contributed by atoms with van der Waals surface area (Å²) in [6.07, 6.45) is 3.63. The van der Waals surface area contributed by atoms with Crippen molar-refractivity contribution in [1.29, 1.82) is 0 Å². The van der Waals surface area contributed by atoms with E-state index < -0.39 is 0 Å². The Kier molecular flexibility index (Phi) is 3.96. The highest BCUT2D eigenvalue weighted by molar-refractivity contribution is 6.17. The van der Waals surface area contributed by atoms with Crippen LogP contribution in [0.3, 0.4) is 0 Å². The van der Waals surface area contributed by atoms with Gasteiger partial charge in [-0.3, -0.25) is 4.57 Å². The number of aromatic nitrogens is 2. The molecule has 4 heteroatoms. The molecule has 0 aliphatic rings. The largest absolute Gasteiger partial charge is 0.347 e. The average molecular weight is 201 g/mol. The highest BCUT2D eigenvalue weighted by Crippen LogP contribution is 1.95. The molecule has 3 nitrogen and oxygen atoms in total. The first-order chi connectivity index (χ1) is 6.24. The minimum absolute atomic E-state index is 0.172. The molecule has 0 amide bonds. The number of unbranched alkanes of at least 4 members (excludes halogenated alkanes) is 1. The van der Waals surface area contributed by atoms with Crippen LogP contribution in [-0.4, -0.2) is 15.4 Å². The van der Waals surface area contributed by atoms with E-state index in [2.05, 4.69) is 4.98 Å². The van der Waals surface area contributed by atoms with E-state index in [1.807, 2.05) is 13.0 Å². The average Bonchev–Trinajstić information content (AvgIpc) is 2.09. The summed E-state index contributed by atoms with van der Waals surface area (Å²) in [7, 11) is 0. The van der Waals surface area contributed by atoms with E-state index >= 15 is 0 Å². The first-order valence-corrected chi connectivity index (χ1v) is 4.87. The van der Waals surface area contributed by atoms with Crippen LogP contribution < -0.4 is 5.69 Å². The molecule has 0 aliphatic carbocycles. The van der Waals surface area contributed by atoms with Gasteiger partial charge in [0.2, 0.25) is 0 Å². The molecule has 0 aliphatic heterocycles. The lowest BCUT2D eigenvalue weighted by Gasteiger charge is -2.03. The maximum absolute atomic E-state index is 11.3. The van der Waals surface area contributed by atoms with Crippen LogP contribution in [-0.2, 0) is 6.54 Å². The van der Waals surface area contributed by atoms with Crippen LogP contribution >= 0.6 is 11.6 Å². The van der Waals surface area contributed by atoms with Crippen LogP contribution in [0, 0.1) is 6.92 Å². The van der Waals surface area contributed by atoms with Crippen LogP contribution in [0.1, 0.15) is 18.5 Å². The summed E-state index contributed by atoms with van der Waals surface area (Å²) < 4.78 is 1.61. The summed E-state index contributed by atoms with van der Waals surface area (Å²) >= 11 is 5.53. The van der Waals surface area contributed by atoms with Gasteiger partial charge in [0.05, 0.1) is 0 Å². The number of nitrogens with zero attached hydrogens (tertiary/aromatic N) is 2. The lowest BCUT2D eigenvalue weighted by Crippen LogP contribution is -2.22. The highest BCUT2D eigenvalue weighted by Gasteiger charge is 1.96. The van der Waals surface area contributed by atoms with Gasteiger partial charge in [-0.05, 0) is 25.8 Å². The van der Waals surface area contributed by atoms with Crippen LogP contribution in [0.5, 0.6) is 0 Å². The predicted molar refractivity (Wildman–Crippen MR) is 53.2 cm³/mol. The summed E-state index contributed by atoms with van der Waals surface area (Å²) in [6.45, 7) is 2.52.